The molecule has 0 aliphatic carbocycles. The van der Waals surface area contributed by atoms with Crippen molar-refractivity contribution in [3.63, 3.8) is 0 Å². The number of halogens is 3. The van der Waals surface area contributed by atoms with E-state index in [9.17, 15) is 13.2 Å². The van der Waals surface area contributed by atoms with Gasteiger partial charge in [0.1, 0.15) is 5.01 Å². The Balaban J connectivity index is 3.02. The highest BCUT2D eigenvalue weighted by Gasteiger charge is 2.50. The first-order valence-corrected chi connectivity index (χ1v) is 4.84. The van der Waals surface area contributed by atoms with Crippen molar-refractivity contribution in [2.75, 3.05) is 0 Å². The molecule has 0 spiro atoms. The van der Waals surface area contributed by atoms with E-state index in [1.165, 1.54) is 5.38 Å². The van der Waals surface area contributed by atoms with E-state index < -0.39 is 11.7 Å². The predicted octanol–water partition coefficient (Wildman–Crippen LogP) is 1.95. The SMILES string of the molecule is CC(N)(c1csc(CC#N)n1)C(F)(F)F. The Kier molecular flexibility index (Phi) is 3.02. The molecule has 1 atom stereocenters. The van der Waals surface area contributed by atoms with E-state index in [1.807, 2.05) is 6.07 Å². The Hall–Kier alpha value is -1.13. The Morgan fingerprint density at radius 3 is 2.67 bits per heavy atom. The second kappa shape index (κ2) is 3.79. The molecular formula is C8H8F3N3S. The highest BCUT2D eigenvalue weighted by atomic mass is 32.1. The van der Waals surface area contributed by atoms with Gasteiger partial charge < -0.3 is 5.73 Å². The van der Waals surface area contributed by atoms with E-state index in [0.29, 0.717) is 5.01 Å². The van der Waals surface area contributed by atoms with Gasteiger partial charge in [-0.25, -0.2) is 4.98 Å². The lowest BCUT2D eigenvalue weighted by molar-refractivity contribution is -0.185. The van der Waals surface area contributed by atoms with Crippen LogP contribution in [0.4, 0.5) is 13.2 Å². The second-order valence-electron chi connectivity index (χ2n) is 3.16. The number of aromatic nitrogens is 1. The molecule has 1 aromatic rings. The largest absolute Gasteiger partial charge is 0.411 e. The van der Waals surface area contributed by atoms with Gasteiger partial charge in [0.05, 0.1) is 18.2 Å². The number of alkyl halides is 3. The topological polar surface area (TPSA) is 62.7 Å². The molecule has 0 aliphatic heterocycles. The van der Waals surface area contributed by atoms with Crippen LogP contribution in [-0.4, -0.2) is 11.2 Å². The van der Waals surface area contributed by atoms with Crippen LogP contribution in [0, 0.1) is 11.3 Å². The van der Waals surface area contributed by atoms with Gasteiger partial charge in [-0.1, -0.05) is 0 Å². The van der Waals surface area contributed by atoms with E-state index in [0.717, 1.165) is 18.3 Å². The third kappa shape index (κ3) is 2.27. The zero-order chi connectivity index (χ0) is 11.7. The van der Waals surface area contributed by atoms with Gasteiger partial charge in [0.2, 0.25) is 0 Å². The molecule has 2 N–H and O–H groups in total. The van der Waals surface area contributed by atoms with Crippen LogP contribution in [0.1, 0.15) is 17.6 Å². The molecule has 3 nitrogen and oxygen atoms in total. The highest BCUT2D eigenvalue weighted by Crippen LogP contribution is 2.36. The van der Waals surface area contributed by atoms with Crippen molar-refractivity contribution in [3.8, 4) is 6.07 Å². The van der Waals surface area contributed by atoms with E-state index >= 15 is 0 Å². The van der Waals surface area contributed by atoms with Crippen molar-refractivity contribution in [2.45, 2.75) is 25.1 Å². The van der Waals surface area contributed by atoms with E-state index in [2.05, 4.69) is 4.98 Å². The molecule has 0 radical (unpaired) electrons. The number of hydrogen-bond donors (Lipinski definition) is 1. The Bertz CT molecular complexity index is 389. The predicted molar refractivity (Wildman–Crippen MR) is 49.0 cm³/mol. The second-order valence-corrected chi connectivity index (χ2v) is 4.10. The van der Waals surface area contributed by atoms with Crippen molar-refractivity contribution in [1.29, 1.82) is 5.26 Å². The maximum Gasteiger partial charge on any atom is 0.411 e. The molecule has 0 fully saturated rings. The fourth-order valence-corrected chi connectivity index (χ4v) is 1.69. The van der Waals surface area contributed by atoms with Crippen LogP contribution < -0.4 is 5.73 Å². The van der Waals surface area contributed by atoms with Crippen molar-refractivity contribution in [1.82, 2.24) is 4.98 Å². The maximum absolute atomic E-state index is 12.5. The Morgan fingerprint density at radius 1 is 1.60 bits per heavy atom. The van der Waals surface area contributed by atoms with Crippen molar-refractivity contribution in [2.24, 2.45) is 5.73 Å². The zero-order valence-corrected chi connectivity index (χ0v) is 8.61. The summed E-state index contributed by atoms with van der Waals surface area (Å²) in [4.78, 5) is 3.69. The van der Waals surface area contributed by atoms with Crippen LogP contribution in [0.2, 0.25) is 0 Å². The third-order valence-electron chi connectivity index (χ3n) is 1.90. The lowest BCUT2D eigenvalue weighted by Gasteiger charge is -2.25. The van der Waals surface area contributed by atoms with Gasteiger partial charge in [-0.15, -0.1) is 11.3 Å². The molecule has 1 heterocycles. The number of nitrogens with zero attached hydrogens (tertiary/aromatic N) is 2. The van der Waals surface area contributed by atoms with Crippen LogP contribution in [-0.2, 0) is 12.0 Å². The standard InChI is InChI=1S/C8H8F3N3S/c1-7(13,8(9,10)11)5-4-15-6(14-5)2-3-12/h4H,2,13H2,1H3. The molecule has 0 amide bonds. The van der Waals surface area contributed by atoms with Crippen molar-refractivity contribution >= 4 is 11.3 Å². The number of thiazole rings is 1. The van der Waals surface area contributed by atoms with E-state index in [4.69, 9.17) is 11.0 Å². The summed E-state index contributed by atoms with van der Waals surface area (Å²) in [5.74, 6) is 0. The zero-order valence-electron chi connectivity index (χ0n) is 7.80. The normalized spacial score (nSPS) is 15.7. The molecule has 0 aliphatic rings. The molecule has 0 bridgehead atoms. The summed E-state index contributed by atoms with van der Waals surface area (Å²) in [5.41, 5.74) is 2.45. The molecular weight excluding hydrogens is 227 g/mol. The van der Waals surface area contributed by atoms with Gasteiger partial charge >= 0.3 is 6.18 Å². The van der Waals surface area contributed by atoms with Gasteiger partial charge in [0, 0.05) is 5.38 Å². The minimum absolute atomic E-state index is 0.00139. The first-order valence-electron chi connectivity index (χ1n) is 3.96. The van der Waals surface area contributed by atoms with Crippen LogP contribution in [0.25, 0.3) is 0 Å². The molecule has 1 aromatic heterocycles. The van der Waals surface area contributed by atoms with E-state index in [1.54, 1.807) is 0 Å². The summed E-state index contributed by atoms with van der Waals surface area (Å²) < 4.78 is 37.5. The summed E-state index contributed by atoms with van der Waals surface area (Å²) in [7, 11) is 0. The Labute approximate surface area is 88.3 Å². The minimum atomic E-state index is -4.55. The summed E-state index contributed by atoms with van der Waals surface area (Å²) in [6.45, 7) is 0.859. The molecule has 82 valence electrons. The molecule has 7 heteroatoms. The highest BCUT2D eigenvalue weighted by molar-refractivity contribution is 7.09. The van der Waals surface area contributed by atoms with Crippen LogP contribution in [0.3, 0.4) is 0 Å². The Morgan fingerprint density at radius 2 is 2.20 bits per heavy atom. The number of rotatable bonds is 2. The van der Waals surface area contributed by atoms with Crippen LogP contribution >= 0.6 is 11.3 Å². The average molecular weight is 235 g/mol. The lowest BCUT2D eigenvalue weighted by atomic mass is 10.00. The minimum Gasteiger partial charge on any atom is -0.313 e. The van der Waals surface area contributed by atoms with Gasteiger partial charge in [0.15, 0.2) is 5.54 Å². The first kappa shape index (κ1) is 11.9. The molecule has 1 unspecified atom stereocenters. The molecule has 0 aromatic carbocycles. The smallest absolute Gasteiger partial charge is 0.313 e. The van der Waals surface area contributed by atoms with Crippen LogP contribution in [0.15, 0.2) is 5.38 Å². The van der Waals surface area contributed by atoms with Gasteiger partial charge in [-0.05, 0) is 6.92 Å². The quantitative estimate of drug-likeness (QED) is 0.852. The fraction of sp³-hybridized carbons (Fsp3) is 0.500. The summed E-state index contributed by atoms with van der Waals surface area (Å²) >= 11 is 1.00. The van der Waals surface area contributed by atoms with Gasteiger partial charge in [0.25, 0.3) is 0 Å². The fourth-order valence-electron chi connectivity index (χ4n) is 0.843. The van der Waals surface area contributed by atoms with Gasteiger partial charge in [-0.3, -0.25) is 0 Å². The lowest BCUT2D eigenvalue weighted by Crippen LogP contribution is -2.47. The third-order valence-corrected chi connectivity index (χ3v) is 2.75. The van der Waals surface area contributed by atoms with Crippen molar-refractivity contribution in [3.05, 3.63) is 16.1 Å². The molecule has 0 saturated carbocycles. The molecule has 0 saturated heterocycles. The van der Waals surface area contributed by atoms with Crippen molar-refractivity contribution < 1.29 is 13.2 Å². The molecule has 1 rings (SSSR count). The van der Waals surface area contributed by atoms with Crippen LogP contribution in [0.5, 0.6) is 0 Å². The number of hydrogen-bond acceptors (Lipinski definition) is 4. The van der Waals surface area contributed by atoms with Gasteiger partial charge in [-0.2, -0.15) is 18.4 Å². The number of nitriles is 1. The summed E-state index contributed by atoms with van der Waals surface area (Å²) in [5, 5.41) is 9.93. The molecule has 15 heavy (non-hydrogen) atoms. The van der Waals surface area contributed by atoms with E-state index in [-0.39, 0.29) is 12.1 Å². The summed E-state index contributed by atoms with van der Waals surface area (Å²) in [6, 6.07) is 1.81. The maximum atomic E-state index is 12.5. The average Bonchev–Trinajstić information content (AvgIpc) is 2.51. The first-order chi connectivity index (χ1) is 6.79. The monoisotopic (exact) mass is 235 g/mol. The summed E-state index contributed by atoms with van der Waals surface area (Å²) in [6.07, 6.45) is -4.55. The number of nitrogens with two attached hydrogens (primary N) is 1.